The molecule has 5 rings (SSSR count). The minimum atomic E-state index is -1.08. The van der Waals surface area contributed by atoms with Crippen LogP contribution in [0.4, 0.5) is 5.69 Å². The van der Waals surface area contributed by atoms with Crippen molar-refractivity contribution in [2.24, 2.45) is 0 Å². The number of carbonyl (C=O) groups is 2. The SMILES string of the molecule is Cc1ccc(-c2nnn(CC(=O)N(c3cccc4ccccc34)[C@H](C(=O)NC(C)(C)C)c3ccco3)n2)o1. The predicted molar refractivity (Wildman–Crippen MR) is 141 cm³/mol. The Morgan fingerprint density at radius 3 is 2.53 bits per heavy atom. The minimum Gasteiger partial charge on any atom is -0.467 e. The van der Waals surface area contributed by atoms with Crippen LogP contribution < -0.4 is 10.2 Å². The van der Waals surface area contributed by atoms with Crippen LogP contribution in [0.25, 0.3) is 22.4 Å². The Labute approximate surface area is 219 Å². The summed E-state index contributed by atoms with van der Waals surface area (Å²) in [5, 5.41) is 17.1. The van der Waals surface area contributed by atoms with E-state index in [0.717, 1.165) is 10.8 Å². The zero-order valence-corrected chi connectivity index (χ0v) is 21.6. The Kier molecular flexibility index (Phi) is 6.54. The van der Waals surface area contributed by atoms with Crippen molar-refractivity contribution in [3.8, 4) is 11.6 Å². The van der Waals surface area contributed by atoms with Crippen LogP contribution in [0.5, 0.6) is 0 Å². The van der Waals surface area contributed by atoms with Gasteiger partial charge in [0.2, 0.25) is 5.82 Å². The highest BCUT2D eigenvalue weighted by atomic mass is 16.3. The monoisotopic (exact) mass is 512 g/mol. The van der Waals surface area contributed by atoms with Gasteiger partial charge in [-0.1, -0.05) is 36.4 Å². The van der Waals surface area contributed by atoms with E-state index in [1.807, 2.05) is 70.2 Å². The van der Waals surface area contributed by atoms with E-state index in [9.17, 15) is 9.59 Å². The molecule has 5 aromatic rings. The molecular weight excluding hydrogens is 484 g/mol. The molecule has 0 saturated heterocycles. The first-order chi connectivity index (χ1) is 18.2. The number of nitrogens with one attached hydrogen (secondary N) is 1. The van der Waals surface area contributed by atoms with Crippen molar-refractivity contribution in [2.75, 3.05) is 4.90 Å². The maximum Gasteiger partial charge on any atom is 0.251 e. The van der Waals surface area contributed by atoms with Gasteiger partial charge in [-0.25, -0.2) is 0 Å². The number of anilines is 1. The normalized spacial score (nSPS) is 12.4. The second-order valence-electron chi connectivity index (χ2n) is 9.97. The standard InChI is InChI=1S/C28H28N6O4/c1-18-14-15-23(38-18)26-30-32-33(31-26)17-24(35)34(21-12-7-10-19-9-5-6-11-20(19)21)25(22-13-8-16-37-22)27(36)29-28(2,3)4/h5-16,25H,17H2,1-4H3,(H,29,36)/t25-/m0/s1. The van der Waals surface area contributed by atoms with Gasteiger partial charge < -0.3 is 14.2 Å². The summed E-state index contributed by atoms with van der Waals surface area (Å²) in [7, 11) is 0. The van der Waals surface area contributed by atoms with Crippen LogP contribution in [0.3, 0.4) is 0 Å². The van der Waals surface area contributed by atoms with Crippen LogP contribution in [0, 0.1) is 6.92 Å². The quantitative estimate of drug-likeness (QED) is 0.336. The molecule has 0 aliphatic rings. The van der Waals surface area contributed by atoms with Crippen LogP contribution >= 0.6 is 0 Å². The largest absolute Gasteiger partial charge is 0.467 e. The fourth-order valence-corrected chi connectivity index (χ4v) is 4.26. The zero-order chi connectivity index (χ0) is 26.9. The number of aromatic nitrogens is 4. The second kappa shape index (κ2) is 9.97. The molecule has 0 saturated carbocycles. The summed E-state index contributed by atoms with van der Waals surface area (Å²) in [6.07, 6.45) is 1.48. The van der Waals surface area contributed by atoms with E-state index in [1.54, 1.807) is 24.3 Å². The van der Waals surface area contributed by atoms with Gasteiger partial charge in [0.1, 0.15) is 18.1 Å². The summed E-state index contributed by atoms with van der Waals surface area (Å²) in [5.41, 5.74) is 0.0133. The summed E-state index contributed by atoms with van der Waals surface area (Å²) in [6.45, 7) is 7.19. The minimum absolute atomic E-state index is 0.260. The number of nitrogens with zero attached hydrogens (tertiary/aromatic N) is 5. The lowest BCUT2D eigenvalue weighted by Gasteiger charge is -2.33. The van der Waals surface area contributed by atoms with Crippen LogP contribution in [-0.2, 0) is 16.1 Å². The molecule has 3 aromatic heterocycles. The molecule has 2 aromatic carbocycles. The van der Waals surface area contributed by atoms with E-state index < -0.39 is 17.5 Å². The molecule has 0 aliphatic heterocycles. The van der Waals surface area contributed by atoms with Crippen LogP contribution in [-0.4, -0.2) is 37.6 Å². The fourth-order valence-electron chi connectivity index (χ4n) is 4.26. The predicted octanol–water partition coefficient (Wildman–Crippen LogP) is 4.68. The van der Waals surface area contributed by atoms with E-state index >= 15 is 0 Å². The molecule has 10 nitrogen and oxygen atoms in total. The topological polar surface area (TPSA) is 119 Å². The molecule has 3 heterocycles. The Hall–Kier alpha value is -4.73. The summed E-state index contributed by atoms with van der Waals surface area (Å²) in [5.74, 6) is 0.936. The van der Waals surface area contributed by atoms with Gasteiger partial charge in [0, 0.05) is 10.9 Å². The summed E-state index contributed by atoms with van der Waals surface area (Å²) < 4.78 is 11.3. The van der Waals surface area contributed by atoms with E-state index in [1.165, 1.54) is 16.0 Å². The fraction of sp³-hybridized carbons (Fsp3) is 0.250. The third kappa shape index (κ3) is 5.19. The molecule has 10 heteroatoms. The van der Waals surface area contributed by atoms with Crippen molar-refractivity contribution in [1.82, 2.24) is 25.5 Å². The van der Waals surface area contributed by atoms with Gasteiger partial charge in [-0.15, -0.1) is 10.2 Å². The van der Waals surface area contributed by atoms with Crippen LogP contribution in [0.2, 0.25) is 0 Å². The summed E-state index contributed by atoms with van der Waals surface area (Å²) in [4.78, 5) is 30.4. The molecule has 0 fully saturated rings. The number of fused-ring (bicyclic) bond motifs is 1. The first-order valence-electron chi connectivity index (χ1n) is 12.2. The summed E-state index contributed by atoms with van der Waals surface area (Å²) >= 11 is 0. The molecule has 1 N–H and O–H groups in total. The Morgan fingerprint density at radius 1 is 1.03 bits per heavy atom. The zero-order valence-electron chi connectivity index (χ0n) is 21.6. The third-order valence-electron chi connectivity index (χ3n) is 5.80. The molecule has 2 amide bonds. The van der Waals surface area contributed by atoms with Crippen LogP contribution in [0.1, 0.15) is 38.3 Å². The maximum absolute atomic E-state index is 14.1. The molecule has 38 heavy (non-hydrogen) atoms. The highest BCUT2D eigenvalue weighted by molar-refractivity contribution is 6.07. The number of aryl methyl sites for hydroxylation is 1. The van der Waals surface area contributed by atoms with Gasteiger partial charge in [0.25, 0.3) is 11.8 Å². The smallest absolute Gasteiger partial charge is 0.251 e. The van der Waals surface area contributed by atoms with E-state index in [2.05, 4.69) is 20.7 Å². The number of hydrogen-bond donors (Lipinski definition) is 1. The molecule has 0 radical (unpaired) electrons. The Bertz CT molecular complexity index is 1570. The van der Waals surface area contributed by atoms with E-state index in [4.69, 9.17) is 8.83 Å². The molecule has 1 atom stereocenters. The lowest BCUT2D eigenvalue weighted by atomic mass is 10.0. The number of amides is 2. The number of tetrazole rings is 1. The van der Waals surface area contributed by atoms with Gasteiger partial charge in [-0.3, -0.25) is 14.5 Å². The van der Waals surface area contributed by atoms with Gasteiger partial charge in [-0.05, 0) is 68.6 Å². The van der Waals surface area contributed by atoms with Gasteiger partial charge in [-0.2, -0.15) is 4.80 Å². The van der Waals surface area contributed by atoms with Crippen LogP contribution in [0.15, 0.2) is 81.8 Å². The Morgan fingerprint density at radius 2 is 1.82 bits per heavy atom. The van der Waals surface area contributed by atoms with Crippen molar-refractivity contribution in [2.45, 2.75) is 45.8 Å². The number of rotatable bonds is 7. The van der Waals surface area contributed by atoms with E-state index in [0.29, 0.717) is 23.0 Å². The van der Waals surface area contributed by atoms with Gasteiger partial charge in [0.05, 0.1) is 12.0 Å². The summed E-state index contributed by atoms with van der Waals surface area (Å²) in [6, 6.07) is 19.1. The van der Waals surface area contributed by atoms with Crippen molar-refractivity contribution < 1.29 is 18.4 Å². The Balaban J connectivity index is 1.59. The number of hydrogen-bond acceptors (Lipinski definition) is 7. The van der Waals surface area contributed by atoms with Crippen molar-refractivity contribution >= 4 is 28.3 Å². The van der Waals surface area contributed by atoms with Crippen molar-refractivity contribution in [3.05, 3.63) is 84.5 Å². The molecular formula is C28H28N6O4. The molecule has 0 bridgehead atoms. The average Bonchev–Trinajstić information content (AvgIpc) is 3.63. The lowest BCUT2D eigenvalue weighted by Crippen LogP contribution is -2.50. The number of furan rings is 2. The molecule has 0 aliphatic carbocycles. The maximum atomic E-state index is 14.1. The number of benzene rings is 2. The highest BCUT2D eigenvalue weighted by Crippen LogP contribution is 2.34. The molecule has 0 spiro atoms. The van der Waals surface area contributed by atoms with Crippen molar-refractivity contribution in [1.29, 1.82) is 0 Å². The first-order valence-corrected chi connectivity index (χ1v) is 12.2. The number of carbonyl (C=O) groups excluding carboxylic acids is 2. The van der Waals surface area contributed by atoms with Crippen molar-refractivity contribution in [3.63, 3.8) is 0 Å². The average molecular weight is 513 g/mol. The van der Waals surface area contributed by atoms with E-state index in [-0.39, 0.29) is 18.3 Å². The second-order valence-corrected chi connectivity index (χ2v) is 9.97. The molecule has 0 unspecified atom stereocenters. The van der Waals surface area contributed by atoms with Gasteiger partial charge >= 0.3 is 0 Å². The molecule has 194 valence electrons. The highest BCUT2D eigenvalue weighted by Gasteiger charge is 2.37. The lowest BCUT2D eigenvalue weighted by molar-refractivity contribution is -0.128. The van der Waals surface area contributed by atoms with Gasteiger partial charge in [0.15, 0.2) is 11.8 Å². The third-order valence-corrected chi connectivity index (χ3v) is 5.80. The first kappa shape index (κ1) is 24.9.